The molecule has 0 unspecified atom stereocenters. The van der Waals surface area contributed by atoms with E-state index in [1.165, 1.54) is 22.8 Å². The number of fused-ring (bicyclic) bond motifs is 1. The molecule has 1 aliphatic carbocycles. The Morgan fingerprint density at radius 2 is 1.60 bits per heavy atom. The topological polar surface area (TPSA) is 111 Å². The van der Waals surface area contributed by atoms with Gasteiger partial charge in [0.1, 0.15) is 5.56 Å². The zero-order valence-corrected chi connectivity index (χ0v) is 16.1. The molecular formula is C23H19N3O4. The van der Waals surface area contributed by atoms with Crippen molar-refractivity contribution in [3.05, 3.63) is 93.4 Å². The van der Waals surface area contributed by atoms with Crippen LogP contribution in [-0.4, -0.2) is 22.2 Å². The van der Waals surface area contributed by atoms with Gasteiger partial charge < -0.3 is 11.1 Å². The second-order valence-corrected chi connectivity index (χ2v) is 7.04. The molecule has 0 radical (unpaired) electrons. The zero-order valence-electron chi connectivity index (χ0n) is 16.1. The molecule has 0 aliphatic heterocycles. The van der Waals surface area contributed by atoms with Gasteiger partial charge in [-0.3, -0.25) is 23.7 Å². The number of carbonyl (C=O) groups excluding carboxylic acids is 3. The molecule has 1 aromatic heterocycles. The second kappa shape index (κ2) is 7.79. The van der Waals surface area contributed by atoms with Crippen LogP contribution in [0.5, 0.6) is 0 Å². The molecule has 150 valence electrons. The van der Waals surface area contributed by atoms with Gasteiger partial charge in [0.25, 0.3) is 17.4 Å². The lowest BCUT2D eigenvalue weighted by atomic mass is 9.92. The van der Waals surface area contributed by atoms with Gasteiger partial charge in [0.15, 0.2) is 5.78 Å². The van der Waals surface area contributed by atoms with E-state index in [-0.39, 0.29) is 22.6 Å². The number of rotatable bonds is 4. The minimum absolute atomic E-state index is 0.104. The van der Waals surface area contributed by atoms with E-state index < -0.39 is 17.4 Å². The van der Waals surface area contributed by atoms with Crippen molar-refractivity contribution in [2.45, 2.75) is 19.3 Å². The molecule has 2 aromatic carbocycles. The molecule has 3 N–H and O–H groups in total. The number of Topliss-reactive ketones (excluding diaryl/α,β-unsaturated/α-hetero) is 1. The van der Waals surface area contributed by atoms with Gasteiger partial charge in [-0.2, -0.15) is 0 Å². The van der Waals surface area contributed by atoms with Crippen molar-refractivity contribution in [1.29, 1.82) is 0 Å². The molecule has 0 saturated heterocycles. The molecule has 7 heteroatoms. The molecule has 4 rings (SSSR count). The maximum Gasteiger partial charge on any atom is 0.268 e. The van der Waals surface area contributed by atoms with Crippen LogP contribution in [0.15, 0.2) is 65.5 Å². The number of ketones is 1. The Kier molecular flexibility index (Phi) is 5.02. The van der Waals surface area contributed by atoms with Gasteiger partial charge in [-0.05, 0) is 43.2 Å². The van der Waals surface area contributed by atoms with Crippen molar-refractivity contribution in [2.24, 2.45) is 5.73 Å². The number of hydrogen-bond donors (Lipinski definition) is 2. The summed E-state index contributed by atoms with van der Waals surface area (Å²) >= 11 is 0. The largest absolute Gasteiger partial charge is 0.366 e. The maximum atomic E-state index is 13.3. The van der Waals surface area contributed by atoms with E-state index in [0.29, 0.717) is 36.2 Å². The summed E-state index contributed by atoms with van der Waals surface area (Å²) in [6, 6.07) is 16.5. The number of pyridine rings is 1. The van der Waals surface area contributed by atoms with Gasteiger partial charge in [0, 0.05) is 23.4 Å². The fraction of sp³-hybridized carbons (Fsp3) is 0.130. The fourth-order valence-corrected chi connectivity index (χ4v) is 3.70. The van der Waals surface area contributed by atoms with Crippen LogP contribution in [0.3, 0.4) is 0 Å². The summed E-state index contributed by atoms with van der Waals surface area (Å²) < 4.78 is 1.43. The highest BCUT2D eigenvalue weighted by Gasteiger charge is 2.26. The van der Waals surface area contributed by atoms with E-state index in [1.54, 1.807) is 36.4 Å². The van der Waals surface area contributed by atoms with Crippen molar-refractivity contribution in [2.75, 3.05) is 5.32 Å². The fourth-order valence-electron chi connectivity index (χ4n) is 3.70. The summed E-state index contributed by atoms with van der Waals surface area (Å²) in [4.78, 5) is 50.5. The third-order valence-electron chi connectivity index (χ3n) is 5.12. The number of para-hydroxylation sites is 2. The summed E-state index contributed by atoms with van der Waals surface area (Å²) in [6.45, 7) is 0. The molecule has 1 heterocycles. The number of nitrogens with zero attached hydrogens (tertiary/aromatic N) is 1. The van der Waals surface area contributed by atoms with Crippen LogP contribution >= 0.6 is 0 Å². The predicted octanol–water partition coefficient (Wildman–Crippen LogP) is 2.71. The highest BCUT2D eigenvalue weighted by molar-refractivity contribution is 6.10. The predicted molar refractivity (Wildman–Crippen MR) is 112 cm³/mol. The first-order chi connectivity index (χ1) is 14.5. The highest BCUT2D eigenvalue weighted by Crippen LogP contribution is 2.24. The normalized spacial score (nSPS) is 12.9. The third-order valence-corrected chi connectivity index (χ3v) is 5.12. The van der Waals surface area contributed by atoms with Crippen molar-refractivity contribution in [3.63, 3.8) is 0 Å². The van der Waals surface area contributed by atoms with Crippen LogP contribution in [0.4, 0.5) is 5.69 Å². The molecule has 30 heavy (non-hydrogen) atoms. The molecule has 0 fully saturated rings. The Hall–Kier alpha value is -4.00. The Labute approximate surface area is 172 Å². The minimum Gasteiger partial charge on any atom is -0.366 e. The molecule has 2 amide bonds. The summed E-state index contributed by atoms with van der Waals surface area (Å²) in [5.74, 6) is -1.51. The molecule has 7 nitrogen and oxygen atoms in total. The van der Waals surface area contributed by atoms with Gasteiger partial charge in [0.2, 0.25) is 0 Å². The number of nitrogens with one attached hydrogen (secondary N) is 1. The van der Waals surface area contributed by atoms with Crippen LogP contribution in [0.25, 0.3) is 5.69 Å². The zero-order chi connectivity index (χ0) is 21.3. The summed E-state index contributed by atoms with van der Waals surface area (Å²) in [5, 5.41) is 2.58. The van der Waals surface area contributed by atoms with E-state index in [0.717, 1.165) is 0 Å². The van der Waals surface area contributed by atoms with Crippen molar-refractivity contribution < 1.29 is 14.4 Å². The van der Waals surface area contributed by atoms with E-state index in [2.05, 4.69) is 5.32 Å². The van der Waals surface area contributed by atoms with E-state index in [4.69, 9.17) is 5.73 Å². The van der Waals surface area contributed by atoms with Crippen LogP contribution in [0.2, 0.25) is 0 Å². The number of carbonyl (C=O) groups is 3. The molecule has 0 spiro atoms. The Bertz CT molecular complexity index is 1230. The van der Waals surface area contributed by atoms with Crippen LogP contribution in [0, 0.1) is 0 Å². The first-order valence-electron chi connectivity index (χ1n) is 9.55. The first-order valence-corrected chi connectivity index (χ1v) is 9.55. The van der Waals surface area contributed by atoms with Crippen molar-refractivity contribution >= 4 is 23.3 Å². The highest BCUT2D eigenvalue weighted by atomic mass is 16.2. The number of anilines is 1. The molecule has 0 saturated carbocycles. The van der Waals surface area contributed by atoms with Crippen molar-refractivity contribution in [3.8, 4) is 5.69 Å². The van der Waals surface area contributed by atoms with Gasteiger partial charge in [0.05, 0.1) is 11.3 Å². The first kappa shape index (κ1) is 19.3. The number of hydrogen-bond acceptors (Lipinski definition) is 4. The van der Waals surface area contributed by atoms with E-state index in [1.807, 2.05) is 6.07 Å². The standard InChI is InChI=1S/C23H19N3O4/c24-21(28)15-9-4-5-10-18(15)25-22(29)17-13-16-19(11-6-12-20(16)27)26(23(17)30)14-7-2-1-3-8-14/h1-5,7-10,13H,6,11-12H2,(H2,24,28)(H,25,29). The Morgan fingerprint density at radius 1 is 0.900 bits per heavy atom. The number of amides is 2. The molecule has 1 aliphatic rings. The van der Waals surface area contributed by atoms with Crippen LogP contribution < -0.4 is 16.6 Å². The van der Waals surface area contributed by atoms with E-state index in [9.17, 15) is 19.2 Å². The molecular weight excluding hydrogens is 382 g/mol. The van der Waals surface area contributed by atoms with E-state index >= 15 is 0 Å². The smallest absolute Gasteiger partial charge is 0.268 e. The summed E-state index contributed by atoms with van der Waals surface area (Å²) in [5.41, 5.74) is 6.56. The number of aromatic nitrogens is 1. The van der Waals surface area contributed by atoms with Crippen LogP contribution in [0.1, 0.15) is 49.6 Å². The SMILES string of the molecule is NC(=O)c1ccccc1NC(=O)c1cc2c(n(-c3ccccc3)c1=O)CCCC2=O. The monoisotopic (exact) mass is 401 g/mol. The number of nitrogens with two attached hydrogens (primary N) is 1. The lowest BCUT2D eigenvalue weighted by molar-refractivity contribution is 0.0968. The number of primary amides is 1. The lowest BCUT2D eigenvalue weighted by Crippen LogP contribution is -2.33. The summed E-state index contributed by atoms with van der Waals surface area (Å²) in [6.07, 6.45) is 1.58. The van der Waals surface area contributed by atoms with Gasteiger partial charge in [-0.15, -0.1) is 0 Å². The maximum absolute atomic E-state index is 13.3. The Morgan fingerprint density at radius 3 is 2.33 bits per heavy atom. The molecule has 0 bridgehead atoms. The quantitative estimate of drug-likeness (QED) is 0.700. The average Bonchev–Trinajstić information content (AvgIpc) is 2.74. The van der Waals surface area contributed by atoms with Gasteiger partial charge >= 0.3 is 0 Å². The average molecular weight is 401 g/mol. The third kappa shape index (κ3) is 3.41. The summed E-state index contributed by atoms with van der Waals surface area (Å²) in [7, 11) is 0. The molecule has 3 aromatic rings. The van der Waals surface area contributed by atoms with Gasteiger partial charge in [-0.25, -0.2) is 0 Å². The Balaban J connectivity index is 1.86. The molecule has 0 atom stereocenters. The minimum atomic E-state index is -0.709. The van der Waals surface area contributed by atoms with Gasteiger partial charge in [-0.1, -0.05) is 30.3 Å². The lowest BCUT2D eigenvalue weighted by Gasteiger charge is -2.21. The second-order valence-electron chi connectivity index (χ2n) is 7.04. The van der Waals surface area contributed by atoms with Crippen LogP contribution in [-0.2, 0) is 6.42 Å². The number of benzene rings is 2. The van der Waals surface area contributed by atoms with Crippen molar-refractivity contribution in [1.82, 2.24) is 4.57 Å².